The van der Waals surface area contributed by atoms with E-state index in [0.29, 0.717) is 28.7 Å². The predicted octanol–water partition coefficient (Wildman–Crippen LogP) is 4.72. The number of benzene rings is 2. The number of fused-ring (bicyclic) bond motifs is 1. The van der Waals surface area contributed by atoms with Crippen molar-refractivity contribution in [2.45, 2.75) is 13.3 Å². The average molecular weight is 369 g/mol. The van der Waals surface area contributed by atoms with Crippen LogP contribution < -0.4 is 9.47 Å². The van der Waals surface area contributed by atoms with Gasteiger partial charge in [-0.1, -0.05) is 18.2 Å². The molecule has 1 heterocycles. The van der Waals surface area contributed by atoms with Crippen LogP contribution in [0, 0.1) is 0 Å². The number of thiazole rings is 1. The Kier molecular flexibility index (Phi) is 5.53. The minimum atomic E-state index is -0.895. The molecule has 0 bridgehead atoms. The fraction of sp³-hybridized carbons (Fsp3) is 0.200. The van der Waals surface area contributed by atoms with Gasteiger partial charge in [0.05, 0.1) is 30.4 Å². The van der Waals surface area contributed by atoms with Crippen molar-refractivity contribution in [3.63, 3.8) is 0 Å². The zero-order valence-corrected chi connectivity index (χ0v) is 15.4. The number of hydrogen-bond donors (Lipinski definition) is 1. The number of rotatable bonds is 7. The van der Waals surface area contributed by atoms with Gasteiger partial charge in [-0.2, -0.15) is 0 Å². The first-order valence-electron chi connectivity index (χ1n) is 8.20. The summed E-state index contributed by atoms with van der Waals surface area (Å²) in [6, 6.07) is 13.3. The van der Waals surface area contributed by atoms with Gasteiger partial charge in [0.2, 0.25) is 0 Å². The number of aromatic nitrogens is 1. The molecule has 1 aromatic heterocycles. The highest BCUT2D eigenvalue weighted by Crippen LogP contribution is 2.33. The normalized spacial score (nSPS) is 11.5. The van der Waals surface area contributed by atoms with Crippen molar-refractivity contribution in [3.05, 3.63) is 53.0 Å². The Morgan fingerprint density at radius 1 is 1.23 bits per heavy atom. The molecule has 0 spiro atoms. The summed E-state index contributed by atoms with van der Waals surface area (Å²) in [6.45, 7) is 2.45. The van der Waals surface area contributed by atoms with Gasteiger partial charge in [0.15, 0.2) is 11.5 Å². The molecule has 6 heteroatoms. The van der Waals surface area contributed by atoms with Crippen LogP contribution in [-0.4, -0.2) is 29.8 Å². The molecule has 26 heavy (non-hydrogen) atoms. The van der Waals surface area contributed by atoms with Gasteiger partial charge in [0.1, 0.15) is 5.01 Å². The fourth-order valence-corrected chi connectivity index (χ4v) is 3.59. The van der Waals surface area contributed by atoms with Crippen LogP contribution in [0.5, 0.6) is 11.5 Å². The molecule has 0 aliphatic heterocycles. The quantitative estimate of drug-likeness (QED) is 0.653. The lowest BCUT2D eigenvalue weighted by Gasteiger charge is -2.10. The zero-order valence-electron chi connectivity index (χ0n) is 14.6. The van der Waals surface area contributed by atoms with Crippen LogP contribution >= 0.6 is 11.3 Å². The van der Waals surface area contributed by atoms with E-state index in [1.165, 1.54) is 11.3 Å². The number of hydrogen-bond acceptors (Lipinski definition) is 5. The second kappa shape index (κ2) is 8.01. The van der Waals surface area contributed by atoms with Gasteiger partial charge in [-0.15, -0.1) is 11.3 Å². The molecule has 3 aromatic rings. The molecule has 0 unspecified atom stereocenters. The Morgan fingerprint density at radius 3 is 2.73 bits per heavy atom. The van der Waals surface area contributed by atoms with Crippen molar-refractivity contribution in [3.8, 4) is 11.5 Å². The second-order valence-electron chi connectivity index (χ2n) is 5.57. The summed E-state index contributed by atoms with van der Waals surface area (Å²) in [7, 11) is 1.58. The number of carboxylic acids is 1. The molecule has 0 aliphatic rings. The third-order valence-electron chi connectivity index (χ3n) is 3.74. The maximum Gasteiger partial charge on any atom is 0.307 e. The van der Waals surface area contributed by atoms with Crippen LogP contribution in [0.1, 0.15) is 23.9 Å². The number of para-hydroxylation sites is 1. The molecular formula is C20H19NO4S. The van der Waals surface area contributed by atoms with Crippen LogP contribution in [0.2, 0.25) is 0 Å². The van der Waals surface area contributed by atoms with E-state index >= 15 is 0 Å². The first-order chi connectivity index (χ1) is 12.6. The number of aliphatic carboxylic acids is 1. The molecule has 0 aliphatic carbocycles. The molecule has 0 amide bonds. The average Bonchev–Trinajstić information content (AvgIpc) is 3.06. The Bertz CT molecular complexity index is 928. The maximum absolute atomic E-state index is 11.3. The smallest absolute Gasteiger partial charge is 0.307 e. The summed E-state index contributed by atoms with van der Waals surface area (Å²) >= 11 is 1.49. The largest absolute Gasteiger partial charge is 0.493 e. The summed E-state index contributed by atoms with van der Waals surface area (Å²) < 4.78 is 11.9. The van der Waals surface area contributed by atoms with Crippen molar-refractivity contribution in [2.24, 2.45) is 0 Å². The van der Waals surface area contributed by atoms with Gasteiger partial charge in [-0.25, -0.2) is 4.98 Å². The molecule has 0 fully saturated rings. The van der Waals surface area contributed by atoms with Gasteiger partial charge in [-0.05, 0) is 48.4 Å². The van der Waals surface area contributed by atoms with E-state index in [-0.39, 0.29) is 6.42 Å². The lowest BCUT2D eigenvalue weighted by molar-refractivity contribution is -0.135. The minimum Gasteiger partial charge on any atom is -0.493 e. The predicted molar refractivity (Wildman–Crippen MR) is 104 cm³/mol. The molecule has 0 atom stereocenters. The lowest BCUT2D eigenvalue weighted by Crippen LogP contribution is -1.98. The number of nitrogens with zero attached hydrogens (tertiary/aromatic N) is 1. The van der Waals surface area contributed by atoms with Gasteiger partial charge < -0.3 is 14.6 Å². The van der Waals surface area contributed by atoms with E-state index in [1.807, 2.05) is 55.5 Å². The van der Waals surface area contributed by atoms with Gasteiger partial charge >= 0.3 is 5.97 Å². The Morgan fingerprint density at radius 2 is 2.04 bits per heavy atom. The molecule has 0 saturated heterocycles. The van der Waals surface area contributed by atoms with Crippen molar-refractivity contribution < 1.29 is 19.4 Å². The van der Waals surface area contributed by atoms with Gasteiger partial charge in [0.25, 0.3) is 0 Å². The van der Waals surface area contributed by atoms with Crippen LogP contribution in [0.25, 0.3) is 21.9 Å². The van der Waals surface area contributed by atoms with Crippen LogP contribution in [-0.2, 0) is 4.79 Å². The molecule has 0 radical (unpaired) electrons. The molecule has 134 valence electrons. The summed E-state index contributed by atoms with van der Waals surface area (Å²) in [5.74, 6) is 0.375. The monoisotopic (exact) mass is 369 g/mol. The minimum absolute atomic E-state index is 0.102. The van der Waals surface area contributed by atoms with Crippen molar-refractivity contribution >= 4 is 39.2 Å². The number of methoxy groups -OCH3 is 1. The van der Waals surface area contributed by atoms with Gasteiger partial charge in [0, 0.05) is 0 Å². The summed E-state index contributed by atoms with van der Waals surface area (Å²) in [5.41, 5.74) is 2.36. The SMILES string of the molecule is CCOc1ccc(/C=C(/CC(=O)O)c2nc3ccccc3s2)cc1OC. The maximum atomic E-state index is 11.3. The van der Waals surface area contributed by atoms with E-state index in [2.05, 4.69) is 4.98 Å². The van der Waals surface area contributed by atoms with Crippen LogP contribution in [0.3, 0.4) is 0 Å². The summed E-state index contributed by atoms with van der Waals surface area (Å²) in [5, 5.41) is 10.0. The zero-order chi connectivity index (χ0) is 18.5. The topological polar surface area (TPSA) is 68.7 Å². The number of carboxylic acid groups (broad SMARTS) is 1. The third-order valence-corrected chi connectivity index (χ3v) is 4.85. The first-order valence-corrected chi connectivity index (χ1v) is 9.01. The highest BCUT2D eigenvalue weighted by molar-refractivity contribution is 7.19. The van der Waals surface area contributed by atoms with Crippen LogP contribution in [0.4, 0.5) is 0 Å². The standard InChI is InChI=1S/C20H19NO4S/c1-3-25-16-9-8-13(11-17(16)24-2)10-14(12-19(22)23)20-21-15-6-4-5-7-18(15)26-20/h4-11H,3,12H2,1-2H3,(H,22,23)/b14-10-. The van der Waals surface area contributed by atoms with Crippen molar-refractivity contribution in [1.29, 1.82) is 0 Å². The molecule has 1 N–H and O–H groups in total. The van der Waals surface area contributed by atoms with Gasteiger partial charge in [-0.3, -0.25) is 4.79 Å². The van der Waals surface area contributed by atoms with E-state index in [1.54, 1.807) is 7.11 Å². The fourth-order valence-electron chi connectivity index (χ4n) is 2.61. The van der Waals surface area contributed by atoms with Crippen molar-refractivity contribution in [1.82, 2.24) is 4.98 Å². The molecular weight excluding hydrogens is 350 g/mol. The highest BCUT2D eigenvalue weighted by atomic mass is 32.1. The Balaban J connectivity index is 2.03. The third kappa shape index (κ3) is 4.03. The van der Waals surface area contributed by atoms with Crippen LogP contribution in [0.15, 0.2) is 42.5 Å². The summed E-state index contributed by atoms with van der Waals surface area (Å²) in [4.78, 5) is 15.9. The Hall–Kier alpha value is -2.86. The molecule has 5 nitrogen and oxygen atoms in total. The molecule has 3 rings (SSSR count). The molecule has 2 aromatic carbocycles. The van der Waals surface area contributed by atoms with Crippen molar-refractivity contribution in [2.75, 3.05) is 13.7 Å². The van der Waals surface area contributed by atoms with E-state index in [9.17, 15) is 9.90 Å². The van der Waals surface area contributed by atoms with E-state index in [0.717, 1.165) is 15.8 Å². The second-order valence-corrected chi connectivity index (χ2v) is 6.60. The number of carbonyl (C=O) groups is 1. The first kappa shape index (κ1) is 17.9. The lowest BCUT2D eigenvalue weighted by atomic mass is 10.1. The Labute approximate surface area is 155 Å². The van der Waals surface area contributed by atoms with E-state index in [4.69, 9.17) is 9.47 Å². The van der Waals surface area contributed by atoms with E-state index < -0.39 is 5.97 Å². The summed E-state index contributed by atoms with van der Waals surface area (Å²) in [6.07, 6.45) is 1.74. The molecule has 0 saturated carbocycles. The highest BCUT2D eigenvalue weighted by Gasteiger charge is 2.13. The number of ether oxygens (including phenoxy) is 2.